The van der Waals surface area contributed by atoms with Gasteiger partial charge in [-0.1, -0.05) is 30.3 Å². The average Bonchev–Trinajstić information content (AvgIpc) is 3.20. The number of hydrogen-bond donors (Lipinski definition) is 2. The number of amides is 2. The monoisotopic (exact) mass is 365 g/mol. The molecular formula is C19H19N5OS. The van der Waals surface area contributed by atoms with Crippen molar-refractivity contribution in [1.29, 1.82) is 0 Å². The third-order valence-electron chi connectivity index (χ3n) is 4.27. The highest BCUT2D eigenvalue weighted by Crippen LogP contribution is 2.33. The van der Waals surface area contributed by atoms with Gasteiger partial charge in [0.25, 0.3) is 0 Å². The van der Waals surface area contributed by atoms with Gasteiger partial charge in [0.05, 0.1) is 17.6 Å². The first-order valence-electron chi connectivity index (χ1n) is 8.53. The molecule has 132 valence electrons. The van der Waals surface area contributed by atoms with Crippen LogP contribution in [0.5, 0.6) is 0 Å². The molecule has 0 aliphatic carbocycles. The first kappa shape index (κ1) is 16.7. The minimum atomic E-state index is -0.0967. The Morgan fingerprint density at radius 3 is 2.77 bits per heavy atom. The fourth-order valence-corrected chi connectivity index (χ4v) is 3.75. The second-order valence-corrected chi connectivity index (χ2v) is 6.85. The molecule has 26 heavy (non-hydrogen) atoms. The summed E-state index contributed by atoms with van der Waals surface area (Å²) in [6, 6.07) is 11.9. The maximum Gasteiger partial charge on any atom is 0.321 e. The van der Waals surface area contributed by atoms with Gasteiger partial charge in [0.15, 0.2) is 0 Å². The van der Waals surface area contributed by atoms with Gasteiger partial charge in [-0.05, 0) is 6.07 Å². The summed E-state index contributed by atoms with van der Waals surface area (Å²) in [5.41, 5.74) is 3.58. The third-order valence-corrected chi connectivity index (χ3v) is 5.15. The van der Waals surface area contributed by atoms with Crippen LogP contribution >= 0.6 is 11.3 Å². The Hall–Kier alpha value is -2.77. The lowest BCUT2D eigenvalue weighted by Gasteiger charge is -2.27. The molecule has 0 radical (unpaired) electrons. The number of aromatic nitrogens is 2. The van der Waals surface area contributed by atoms with E-state index in [4.69, 9.17) is 4.98 Å². The summed E-state index contributed by atoms with van der Waals surface area (Å²) >= 11 is 1.56. The highest BCUT2D eigenvalue weighted by atomic mass is 32.1. The third kappa shape index (κ3) is 3.58. The zero-order valence-electron chi connectivity index (χ0n) is 14.2. The summed E-state index contributed by atoms with van der Waals surface area (Å²) in [5.74, 6) is 0. The van der Waals surface area contributed by atoms with E-state index in [1.54, 1.807) is 23.7 Å². The van der Waals surface area contributed by atoms with Crippen LogP contribution in [0.25, 0.3) is 21.8 Å². The van der Waals surface area contributed by atoms with E-state index < -0.39 is 0 Å². The number of benzene rings is 1. The number of nitrogens with one attached hydrogen (secondary N) is 2. The topological polar surface area (TPSA) is 70.2 Å². The first-order chi connectivity index (χ1) is 12.8. The molecule has 2 aromatic heterocycles. The lowest BCUT2D eigenvalue weighted by atomic mass is 10.2. The molecule has 4 rings (SSSR count). The number of anilines is 1. The highest BCUT2D eigenvalue weighted by Gasteiger charge is 2.18. The first-order valence-corrected chi connectivity index (χ1v) is 9.41. The van der Waals surface area contributed by atoms with Crippen LogP contribution in [0.15, 0.2) is 54.2 Å². The normalized spacial score (nSPS) is 14.2. The van der Waals surface area contributed by atoms with Crippen LogP contribution in [-0.2, 0) is 0 Å². The molecule has 0 spiro atoms. The molecule has 2 N–H and O–H groups in total. The highest BCUT2D eigenvalue weighted by molar-refractivity contribution is 7.13. The number of nitrogens with zero attached hydrogens (tertiary/aromatic N) is 3. The van der Waals surface area contributed by atoms with E-state index in [0.29, 0.717) is 18.8 Å². The van der Waals surface area contributed by atoms with E-state index in [-0.39, 0.29) is 6.03 Å². The van der Waals surface area contributed by atoms with Gasteiger partial charge in [-0.3, -0.25) is 4.98 Å². The largest absolute Gasteiger partial charge is 0.322 e. The van der Waals surface area contributed by atoms with Crippen LogP contribution < -0.4 is 10.6 Å². The predicted octanol–water partition coefficient (Wildman–Crippen LogP) is 3.31. The zero-order chi connectivity index (χ0) is 17.8. The maximum atomic E-state index is 12.5. The van der Waals surface area contributed by atoms with Crippen molar-refractivity contribution in [2.24, 2.45) is 0 Å². The Balaban J connectivity index is 1.58. The minimum Gasteiger partial charge on any atom is -0.322 e. The number of thiazole rings is 1. The number of urea groups is 1. The molecule has 2 amide bonds. The van der Waals surface area contributed by atoms with E-state index >= 15 is 0 Å². The molecule has 3 aromatic rings. The van der Waals surface area contributed by atoms with E-state index in [2.05, 4.69) is 15.6 Å². The number of hydrogen-bond acceptors (Lipinski definition) is 5. The van der Waals surface area contributed by atoms with E-state index in [1.165, 1.54) is 0 Å². The molecule has 0 atom stereocenters. The van der Waals surface area contributed by atoms with Crippen LogP contribution in [0.2, 0.25) is 0 Å². The molecule has 1 aromatic carbocycles. The molecule has 7 heteroatoms. The van der Waals surface area contributed by atoms with Crippen LogP contribution in [0, 0.1) is 0 Å². The van der Waals surface area contributed by atoms with E-state index in [9.17, 15) is 4.79 Å². The van der Waals surface area contributed by atoms with Crippen molar-refractivity contribution in [2.45, 2.75) is 0 Å². The second kappa shape index (κ2) is 7.63. The molecule has 3 heterocycles. The molecule has 1 saturated heterocycles. The van der Waals surface area contributed by atoms with Crippen LogP contribution in [-0.4, -0.2) is 47.1 Å². The number of carbonyl (C=O) groups excluding carboxylic acids is 1. The number of rotatable bonds is 3. The predicted molar refractivity (Wildman–Crippen MR) is 104 cm³/mol. The number of carbonyl (C=O) groups is 1. The van der Waals surface area contributed by atoms with Gasteiger partial charge in [0.2, 0.25) is 0 Å². The van der Waals surface area contributed by atoms with Crippen LogP contribution in [0.3, 0.4) is 0 Å². The molecule has 0 unspecified atom stereocenters. The molecule has 1 aliphatic rings. The molecular weight excluding hydrogens is 346 g/mol. The van der Waals surface area contributed by atoms with Crippen LogP contribution in [0.4, 0.5) is 10.5 Å². The Bertz CT molecular complexity index is 890. The van der Waals surface area contributed by atoms with E-state index in [0.717, 1.165) is 34.9 Å². The van der Waals surface area contributed by atoms with Crippen molar-refractivity contribution >= 4 is 23.1 Å². The van der Waals surface area contributed by atoms with Gasteiger partial charge in [0, 0.05) is 48.9 Å². The van der Waals surface area contributed by atoms with Gasteiger partial charge < -0.3 is 15.5 Å². The summed E-state index contributed by atoms with van der Waals surface area (Å²) in [7, 11) is 0. The molecule has 6 nitrogen and oxygen atoms in total. The lowest BCUT2D eigenvalue weighted by molar-refractivity contribution is 0.204. The quantitative estimate of drug-likeness (QED) is 0.747. The fourth-order valence-electron chi connectivity index (χ4n) is 2.88. The van der Waals surface area contributed by atoms with Gasteiger partial charge >= 0.3 is 6.03 Å². The minimum absolute atomic E-state index is 0.0967. The van der Waals surface area contributed by atoms with Crippen molar-refractivity contribution in [1.82, 2.24) is 20.2 Å². The second-order valence-electron chi connectivity index (χ2n) is 5.99. The van der Waals surface area contributed by atoms with Gasteiger partial charge in [-0.2, -0.15) is 0 Å². The smallest absolute Gasteiger partial charge is 0.321 e. The summed E-state index contributed by atoms with van der Waals surface area (Å²) in [6.45, 7) is 3.05. The van der Waals surface area contributed by atoms with Crippen LogP contribution in [0.1, 0.15) is 0 Å². The lowest BCUT2D eigenvalue weighted by Crippen LogP contribution is -2.48. The molecule has 0 bridgehead atoms. The summed E-state index contributed by atoms with van der Waals surface area (Å²) in [6.07, 6.45) is 3.40. The SMILES string of the molecule is O=C(Nc1cnccc1-c1nc(-c2ccccc2)cs1)N1CCNCC1. The maximum absolute atomic E-state index is 12.5. The Morgan fingerprint density at radius 2 is 1.96 bits per heavy atom. The van der Waals surface area contributed by atoms with Crippen molar-refractivity contribution in [3.63, 3.8) is 0 Å². The molecule has 1 aliphatic heterocycles. The summed E-state index contributed by atoms with van der Waals surface area (Å²) < 4.78 is 0. The van der Waals surface area contributed by atoms with Gasteiger partial charge in [-0.25, -0.2) is 9.78 Å². The average molecular weight is 365 g/mol. The van der Waals surface area contributed by atoms with Gasteiger partial charge in [-0.15, -0.1) is 11.3 Å². The number of pyridine rings is 1. The Labute approximate surface area is 155 Å². The van der Waals surface area contributed by atoms with Gasteiger partial charge in [0.1, 0.15) is 5.01 Å². The zero-order valence-corrected chi connectivity index (χ0v) is 15.0. The fraction of sp³-hybridized carbons (Fsp3) is 0.211. The molecule has 0 saturated carbocycles. The standard InChI is InChI=1S/C19H19N5OS/c25-19(24-10-8-20-9-11-24)23-16-12-21-7-6-15(16)18-22-17(13-26-18)14-4-2-1-3-5-14/h1-7,12-13,20H,8-11H2,(H,23,25). The van der Waals surface area contributed by atoms with E-state index in [1.807, 2.05) is 46.7 Å². The summed E-state index contributed by atoms with van der Waals surface area (Å²) in [4.78, 5) is 23.2. The van der Waals surface area contributed by atoms with Crippen molar-refractivity contribution in [3.8, 4) is 21.8 Å². The Kier molecular flexibility index (Phi) is 4.90. The van der Waals surface area contributed by atoms with Crippen molar-refractivity contribution < 1.29 is 4.79 Å². The summed E-state index contributed by atoms with van der Waals surface area (Å²) in [5, 5.41) is 9.14. The van der Waals surface area contributed by atoms with Crippen molar-refractivity contribution in [2.75, 3.05) is 31.5 Å². The van der Waals surface area contributed by atoms with Crippen molar-refractivity contribution in [3.05, 3.63) is 54.2 Å². The molecule has 1 fully saturated rings. The Morgan fingerprint density at radius 1 is 1.15 bits per heavy atom. The number of piperazine rings is 1.